The van der Waals surface area contributed by atoms with Gasteiger partial charge in [0, 0.05) is 52.5 Å². The summed E-state index contributed by atoms with van der Waals surface area (Å²) in [5, 5.41) is 60.8. The maximum absolute atomic E-state index is 14.9. The summed E-state index contributed by atoms with van der Waals surface area (Å²) in [7, 11) is 5.94. The lowest BCUT2D eigenvalue weighted by Crippen LogP contribution is -2.61. The zero-order valence-corrected chi connectivity index (χ0v) is 52.1. The Hall–Kier alpha value is -6.03. The maximum atomic E-state index is 14.9. The number of nitrogens with two attached hydrogens (primary N) is 1. The number of aliphatic hydroxyl groups excluding tert-OH is 4. The average Bonchev–Trinajstić information content (AvgIpc) is 3.75. The van der Waals surface area contributed by atoms with E-state index in [4.69, 9.17) is 29.6 Å². The van der Waals surface area contributed by atoms with Crippen LogP contribution >= 0.6 is 0 Å². The summed E-state index contributed by atoms with van der Waals surface area (Å²) < 4.78 is 29.0. The van der Waals surface area contributed by atoms with Crippen LogP contribution in [0.25, 0.3) is 0 Å². The second-order valence-corrected chi connectivity index (χ2v) is 23.4. The average molecular weight is 1220 g/mol. The first kappa shape index (κ1) is 72.4. The molecule has 0 radical (unpaired) electrons. The van der Waals surface area contributed by atoms with Crippen LogP contribution in [0.3, 0.4) is 0 Å². The summed E-state index contributed by atoms with van der Waals surface area (Å²) in [5.41, 5.74) is 1.00. The Kier molecular flexibility index (Phi) is 29.6. The zero-order valence-electron chi connectivity index (χ0n) is 52.1. The number of rotatable bonds is 34. The minimum atomic E-state index is -1.99. The number of benzene rings is 2. The van der Waals surface area contributed by atoms with E-state index in [-0.39, 0.29) is 53.5 Å². The smallest absolute Gasteiger partial charge is 0.410 e. The van der Waals surface area contributed by atoms with E-state index in [1.807, 2.05) is 32.0 Å². The van der Waals surface area contributed by atoms with Crippen molar-refractivity contribution < 1.29 is 87.6 Å². The third-order valence-electron chi connectivity index (χ3n) is 16.5. The topological polar surface area (TPSA) is 348 Å². The van der Waals surface area contributed by atoms with Crippen molar-refractivity contribution in [1.29, 1.82) is 0 Å². The minimum absolute atomic E-state index is 0.0848. The first-order valence-corrected chi connectivity index (χ1v) is 29.9. The Morgan fingerprint density at radius 2 is 1.48 bits per heavy atom. The van der Waals surface area contributed by atoms with Crippen molar-refractivity contribution in [2.45, 2.75) is 205 Å². The Morgan fingerprint density at radius 3 is 2.08 bits per heavy atom. The lowest BCUT2D eigenvalue weighted by Gasteiger charge is -2.41. The van der Waals surface area contributed by atoms with E-state index in [0.29, 0.717) is 44.4 Å². The van der Waals surface area contributed by atoms with Crippen molar-refractivity contribution in [2.75, 3.05) is 46.8 Å². The fraction of sp³-hybridized carbons (Fsp3) is 0.689. The van der Waals surface area contributed by atoms with Crippen molar-refractivity contribution in [3.8, 4) is 5.75 Å². The second kappa shape index (κ2) is 35.1. The van der Waals surface area contributed by atoms with Crippen molar-refractivity contribution in [1.82, 2.24) is 25.3 Å². The molecule has 10 N–H and O–H groups in total. The fourth-order valence-electron chi connectivity index (χ4n) is 11.3. The number of nitrogens with one attached hydrogen (secondary N) is 3. The van der Waals surface area contributed by atoms with Crippen LogP contribution in [0.2, 0.25) is 0 Å². The van der Waals surface area contributed by atoms with Crippen LogP contribution in [0.1, 0.15) is 137 Å². The Labute approximate surface area is 505 Å². The van der Waals surface area contributed by atoms with Crippen LogP contribution in [-0.2, 0) is 59.2 Å². The summed E-state index contributed by atoms with van der Waals surface area (Å²) in [6.07, 6.45) is -7.32. The molecule has 2 saturated heterocycles. The number of carboxylic acid groups (broad SMARTS) is 1. The number of hydrogen-bond acceptors (Lipinski definition) is 18. The number of unbranched alkanes of at least 4 members (excludes halogenated alkanes) is 4. The highest BCUT2D eigenvalue weighted by Gasteiger charge is 2.49. The number of carbonyl (C=O) groups is 7. The van der Waals surface area contributed by atoms with Crippen LogP contribution < -0.4 is 26.6 Å². The van der Waals surface area contributed by atoms with Gasteiger partial charge in [0.05, 0.1) is 55.4 Å². The number of likely N-dealkylation sites (N-methyl/N-ethyl adjacent to an activating group) is 2. The highest BCUT2D eigenvalue weighted by molar-refractivity contribution is 5.92. The molecule has 0 aliphatic carbocycles. The van der Waals surface area contributed by atoms with Crippen molar-refractivity contribution in [2.24, 2.45) is 29.6 Å². The fourth-order valence-corrected chi connectivity index (χ4v) is 11.3. The van der Waals surface area contributed by atoms with Gasteiger partial charge in [-0.1, -0.05) is 104 Å². The molecule has 0 saturated carbocycles. The molecule has 2 fully saturated rings. The number of likely N-dealkylation sites (tertiary alicyclic amines) is 1. The van der Waals surface area contributed by atoms with E-state index >= 15 is 0 Å². The molecule has 0 spiro atoms. The van der Waals surface area contributed by atoms with E-state index in [0.717, 1.165) is 30.6 Å². The monoisotopic (exact) mass is 1220 g/mol. The van der Waals surface area contributed by atoms with Crippen molar-refractivity contribution in [3.63, 3.8) is 0 Å². The van der Waals surface area contributed by atoms with Crippen LogP contribution in [-0.4, -0.2) is 196 Å². The van der Waals surface area contributed by atoms with Gasteiger partial charge in [0.25, 0.3) is 0 Å². The summed E-state index contributed by atoms with van der Waals surface area (Å²) in [6.45, 7) is 14.6. The van der Waals surface area contributed by atoms with Gasteiger partial charge in [-0.2, -0.15) is 0 Å². The first-order valence-electron chi connectivity index (χ1n) is 29.9. The molecule has 0 aromatic heterocycles. The number of methoxy groups -OCH3 is 2. The molecule has 7 unspecified atom stereocenters. The molecule has 2 heterocycles. The molecule has 25 nitrogen and oxygen atoms in total. The van der Waals surface area contributed by atoms with Crippen LogP contribution in [0.5, 0.6) is 5.75 Å². The lowest BCUT2D eigenvalue weighted by atomic mass is 9.89. The van der Waals surface area contributed by atoms with Gasteiger partial charge in [-0.3, -0.25) is 28.9 Å². The maximum Gasteiger partial charge on any atom is 0.410 e. The predicted molar refractivity (Wildman–Crippen MR) is 316 cm³/mol. The molecule has 2 aromatic carbocycles. The van der Waals surface area contributed by atoms with E-state index in [1.54, 1.807) is 65.6 Å². The molecular formula is C61H97N7O18. The van der Waals surface area contributed by atoms with Gasteiger partial charge in [0.15, 0.2) is 6.10 Å². The van der Waals surface area contributed by atoms with Gasteiger partial charge < -0.3 is 79.8 Å². The lowest BCUT2D eigenvalue weighted by molar-refractivity contribution is -0.271. The number of anilines is 1. The van der Waals surface area contributed by atoms with Gasteiger partial charge in [0.2, 0.25) is 35.8 Å². The molecule has 0 bridgehead atoms. The van der Waals surface area contributed by atoms with Gasteiger partial charge in [-0.05, 0) is 74.1 Å². The molecular weight excluding hydrogens is 1120 g/mol. The summed E-state index contributed by atoms with van der Waals surface area (Å²) in [5.74, 6) is -0.645. The number of amides is 6. The number of carbonyl (C=O) groups excluding carboxylic acids is 6. The quantitative estimate of drug-likeness (QED) is 0.0353. The number of carboxylic acids is 1. The number of ether oxygens (including phenoxy) is 5. The second-order valence-electron chi connectivity index (χ2n) is 23.4. The van der Waals surface area contributed by atoms with E-state index in [2.05, 4.69) is 20.8 Å². The standard InChI is InChI=1S/C61H97N7O18/c1-13-36(6)49(44(81-11)32-46(70)68-29-22-25-42(68)54(82-12)37(7)56(75)63-38(8)50(71)39-23-18-17-19-24-39)66(9)58(77)47(34(2)3)65-57(76)48(35(4)5)67(10)61(80)83-33-40-31-41(64-45(69)26-20-15-14-16-21-30-84-62)27-28-43(40)85-60-53(74)51(72)52(73)55(86-60)59(78)79/h17-19,23-24,27-28,31,34-38,42,44,47-55,60,71-74H,13-16,20-22,25-26,29-30,32-33,62H2,1-12H3,(H,63,75)(H,64,69)(H,65,76)(H,78,79)/t36-,37+,38+,42-,44+,47-,48?,49?,50+,51?,52?,53?,54+,55?,60?/m0/s1. The Balaban J connectivity index is 1.50. The van der Waals surface area contributed by atoms with Gasteiger partial charge in [0.1, 0.15) is 42.8 Å². The van der Waals surface area contributed by atoms with Crippen LogP contribution in [0.4, 0.5) is 10.5 Å². The number of nitrogens with zero attached hydrogens (tertiary/aromatic N) is 3. The van der Waals surface area contributed by atoms with E-state index < -0.39 is 127 Å². The van der Waals surface area contributed by atoms with E-state index in [9.17, 15) is 59.1 Å². The minimum Gasteiger partial charge on any atom is -0.479 e. The van der Waals surface area contributed by atoms with Gasteiger partial charge in [-0.25, -0.2) is 15.5 Å². The third-order valence-corrected chi connectivity index (χ3v) is 16.5. The van der Waals surface area contributed by atoms with E-state index in [1.165, 1.54) is 44.4 Å². The van der Waals surface area contributed by atoms with Gasteiger partial charge in [-0.15, -0.1) is 0 Å². The zero-order chi connectivity index (χ0) is 64.1. The summed E-state index contributed by atoms with van der Waals surface area (Å²) in [6, 6.07) is 9.18. The summed E-state index contributed by atoms with van der Waals surface area (Å²) in [4.78, 5) is 105. The molecule has 25 heteroatoms. The molecule has 2 aliphatic rings. The molecule has 2 aliphatic heterocycles. The molecule has 2 aromatic rings. The molecule has 4 rings (SSSR count). The van der Waals surface area contributed by atoms with Crippen molar-refractivity contribution in [3.05, 3.63) is 59.7 Å². The van der Waals surface area contributed by atoms with Crippen LogP contribution in [0, 0.1) is 23.7 Å². The third kappa shape index (κ3) is 19.7. The van der Waals surface area contributed by atoms with Crippen molar-refractivity contribution >= 4 is 47.3 Å². The summed E-state index contributed by atoms with van der Waals surface area (Å²) >= 11 is 0. The Morgan fingerprint density at radius 1 is 0.814 bits per heavy atom. The molecule has 86 heavy (non-hydrogen) atoms. The van der Waals surface area contributed by atoms with Crippen LogP contribution in [0.15, 0.2) is 48.5 Å². The van der Waals surface area contributed by atoms with Gasteiger partial charge >= 0.3 is 12.1 Å². The predicted octanol–water partition coefficient (Wildman–Crippen LogP) is 4.02. The molecule has 484 valence electrons. The SMILES string of the molecule is CC[C@H](C)C([C@@H](CC(=O)N1CCC[C@H]1[C@H](OC)[C@@H](C)C(=O)N[C@H](C)[C@@H](O)c1ccccc1)OC)N(C)C(=O)[C@@H](NC(=O)C(C(C)C)N(C)C(=O)OCc1cc(NC(=O)CCCCCCCON)ccc1OC1OC(C(=O)O)C(O)C(O)C1O)C(C)C. The molecule has 15 atom stereocenters. The Bertz CT molecular complexity index is 2490. The molecule has 6 amide bonds. The highest BCUT2D eigenvalue weighted by atomic mass is 16.7. The first-order chi connectivity index (χ1) is 40.7. The normalized spacial score (nSPS) is 21.9. The number of aliphatic carboxylic acids is 1. The largest absolute Gasteiger partial charge is 0.479 e. The number of hydrogen-bond donors (Lipinski definition) is 9. The highest BCUT2D eigenvalue weighted by Crippen LogP contribution is 2.33. The number of aliphatic hydroxyl groups is 4.